The zero-order chi connectivity index (χ0) is 21.4. The zero-order valence-electron chi connectivity index (χ0n) is 18.3. The van der Waals surface area contributed by atoms with E-state index in [4.69, 9.17) is 0 Å². The third-order valence-corrected chi connectivity index (χ3v) is 7.09. The molecule has 0 spiro atoms. The summed E-state index contributed by atoms with van der Waals surface area (Å²) in [5.41, 5.74) is 0.0353. The van der Waals surface area contributed by atoms with Gasteiger partial charge in [-0.15, -0.1) is 24.0 Å². The minimum atomic E-state index is -0.790. The first-order valence-electron chi connectivity index (χ1n) is 10.4. The van der Waals surface area contributed by atoms with Gasteiger partial charge in [-0.3, -0.25) is 9.20 Å². The van der Waals surface area contributed by atoms with Gasteiger partial charge >= 0.3 is 0 Å². The van der Waals surface area contributed by atoms with Crippen molar-refractivity contribution in [2.24, 2.45) is 4.99 Å². The summed E-state index contributed by atoms with van der Waals surface area (Å²) in [5, 5.41) is 6.88. The first-order chi connectivity index (χ1) is 13.9. The van der Waals surface area contributed by atoms with Crippen molar-refractivity contribution in [1.82, 2.24) is 15.5 Å². The smallest absolute Gasteiger partial charge is 0.191 e. The summed E-state index contributed by atoms with van der Waals surface area (Å²) >= 11 is 0. The van der Waals surface area contributed by atoms with Gasteiger partial charge < -0.3 is 15.5 Å². The molecule has 0 saturated heterocycles. The number of aliphatic imine (C=N–C) groups is 1. The number of nitrogens with zero attached hydrogens (tertiary/aromatic N) is 2. The van der Waals surface area contributed by atoms with Gasteiger partial charge in [-0.2, -0.15) is 0 Å². The van der Waals surface area contributed by atoms with E-state index in [0.29, 0.717) is 18.3 Å². The lowest BCUT2D eigenvalue weighted by atomic mass is 9.95. The Morgan fingerprint density at radius 1 is 1.27 bits per heavy atom. The van der Waals surface area contributed by atoms with Gasteiger partial charge in [0.2, 0.25) is 0 Å². The van der Waals surface area contributed by atoms with Crippen LogP contribution in [0.25, 0.3) is 0 Å². The highest BCUT2D eigenvalue weighted by Crippen LogP contribution is 2.25. The highest BCUT2D eigenvalue weighted by molar-refractivity contribution is 14.0. The Balaban J connectivity index is 0.00000450. The first-order valence-corrected chi connectivity index (χ1v) is 11.8. The number of rotatable bonds is 8. The topological polar surface area (TPSA) is 56.7 Å². The fourth-order valence-corrected chi connectivity index (χ4v) is 5.13. The maximum absolute atomic E-state index is 14.3. The molecule has 172 valence electrons. The van der Waals surface area contributed by atoms with E-state index in [1.165, 1.54) is 18.2 Å². The summed E-state index contributed by atoms with van der Waals surface area (Å²) in [5.74, 6) is 0.191. The van der Waals surface area contributed by atoms with Crippen LogP contribution in [0.3, 0.4) is 0 Å². The lowest BCUT2D eigenvalue weighted by Gasteiger charge is -2.30. The summed E-state index contributed by atoms with van der Waals surface area (Å²) < 4.78 is 40.8. The van der Waals surface area contributed by atoms with E-state index in [9.17, 15) is 13.0 Å². The van der Waals surface area contributed by atoms with Crippen molar-refractivity contribution in [3.8, 4) is 0 Å². The molecule has 9 heteroatoms. The molecule has 4 unspecified atom stereocenters. The van der Waals surface area contributed by atoms with E-state index < -0.39 is 28.5 Å². The van der Waals surface area contributed by atoms with Crippen molar-refractivity contribution in [2.75, 3.05) is 32.9 Å². The molecule has 1 aliphatic rings. The Hall–Kier alpha value is -0.810. The molecule has 0 amide bonds. The largest absolute Gasteiger partial charge is 0.357 e. The van der Waals surface area contributed by atoms with E-state index >= 15 is 0 Å². The summed E-state index contributed by atoms with van der Waals surface area (Å²) in [4.78, 5) is 6.39. The van der Waals surface area contributed by atoms with Crippen molar-refractivity contribution in [3.63, 3.8) is 0 Å². The second-order valence-corrected chi connectivity index (χ2v) is 9.64. The Morgan fingerprint density at radius 3 is 2.50 bits per heavy atom. The second kappa shape index (κ2) is 13.6. The molecule has 1 saturated carbocycles. The fraction of sp³-hybridized carbons (Fsp3) is 0.667. The van der Waals surface area contributed by atoms with Gasteiger partial charge in [0, 0.05) is 40.0 Å². The summed E-state index contributed by atoms with van der Waals surface area (Å²) in [6, 6.07) is 3.61. The molecular formula is C21H35F2IN4OS. The minimum absolute atomic E-state index is 0. The average molecular weight is 557 g/mol. The summed E-state index contributed by atoms with van der Waals surface area (Å²) in [6.07, 6.45) is 3.89. The monoisotopic (exact) mass is 556 g/mol. The molecule has 1 fully saturated rings. The Labute approximate surface area is 199 Å². The maximum Gasteiger partial charge on any atom is 0.191 e. The predicted molar refractivity (Wildman–Crippen MR) is 132 cm³/mol. The Bertz CT molecular complexity index is 700. The van der Waals surface area contributed by atoms with Crippen LogP contribution in [0, 0.1) is 11.6 Å². The van der Waals surface area contributed by atoms with Gasteiger partial charge in [0.15, 0.2) is 5.96 Å². The van der Waals surface area contributed by atoms with Crippen LogP contribution in [0.4, 0.5) is 8.78 Å². The van der Waals surface area contributed by atoms with Crippen LogP contribution < -0.4 is 10.6 Å². The van der Waals surface area contributed by atoms with Crippen LogP contribution in [-0.4, -0.2) is 59.3 Å². The molecular weight excluding hydrogens is 521 g/mol. The van der Waals surface area contributed by atoms with Gasteiger partial charge in [-0.05, 0) is 52.4 Å². The second-order valence-electron chi connectivity index (χ2n) is 7.63. The molecule has 5 nitrogen and oxygen atoms in total. The molecule has 0 radical (unpaired) electrons. The maximum atomic E-state index is 14.3. The van der Waals surface area contributed by atoms with Crippen LogP contribution in [0.15, 0.2) is 23.2 Å². The van der Waals surface area contributed by atoms with Gasteiger partial charge in [-0.1, -0.05) is 19.4 Å². The fourth-order valence-electron chi connectivity index (χ4n) is 3.78. The highest BCUT2D eigenvalue weighted by atomic mass is 127. The third kappa shape index (κ3) is 7.71. The van der Waals surface area contributed by atoms with E-state index in [-0.39, 0.29) is 47.4 Å². The van der Waals surface area contributed by atoms with Gasteiger partial charge in [0.25, 0.3) is 0 Å². The highest BCUT2D eigenvalue weighted by Gasteiger charge is 2.26. The Kier molecular flexibility index (Phi) is 12.3. The van der Waals surface area contributed by atoms with Crippen LogP contribution in [-0.2, 0) is 10.8 Å². The van der Waals surface area contributed by atoms with Crippen LogP contribution >= 0.6 is 24.0 Å². The number of halogens is 3. The van der Waals surface area contributed by atoms with Crippen molar-refractivity contribution in [1.29, 1.82) is 0 Å². The standard InChI is InChI=1S/C21H34F2N4OS.HI/c1-5-24-21(26-15-9-7-10-16(13-15)29(28)6-2)25-14-19(27(3)4)20-17(22)11-8-12-18(20)23;/h8,11-12,15-16,19H,5-7,9-10,13-14H2,1-4H3,(H2,24,25,26);1H. The lowest BCUT2D eigenvalue weighted by molar-refractivity contribution is 0.289. The lowest BCUT2D eigenvalue weighted by Crippen LogP contribution is -2.47. The number of hydrogen-bond donors (Lipinski definition) is 2. The van der Waals surface area contributed by atoms with Crippen molar-refractivity contribution in [3.05, 3.63) is 35.4 Å². The van der Waals surface area contributed by atoms with Gasteiger partial charge in [-0.25, -0.2) is 8.78 Å². The average Bonchev–Trinajstić information content (AvgIpc) is 2.69. The molecule has 0 heterocycles. The third-order valence-electron chi connectivity index (χ3n) is 5.35. The predicted octanol–water partition coefficient (Wildman–Crippen LogP) is 3.82. The molecule has 0 aromatic heterocycles. The number of likely N-dealkylation sites (N-methyl/N-ethyl adjacent to an activating group) is 1. The number of benzene rings is 1. The van der Waals surface area contributed by atoms with Gasteiger partial charge in [0.1, 0.15) is 11.6 Å². The van der Waals surface area contributed by atoms with E-state index in [1.807, 2.05) is 13.8 Å². The molecule has 30 heavy (non-hydrogen) atoms. The SMILES string of the molecule is CCNC(=NCC(c1c(F)cccc1F)N(C)C)NC1CCCC(S(=O)CC)C1.I. The molecule has 0 bridgehead atoms. The van der Waals surface area contributed by atoms with Crippen LogP contribution in [0.1, 0.15) is 51.1 Å². The Morgan fingerprint density at radius 2 is 1.93 bits per heavy atom. The quantitative estimate of drug-likeness (QED) is 0.291. The molecule has 0 aliphatic heterocycles. The van der Waals surface area contributed by atoms with E-state index in [2.05, 4.69) is 15.6 Å². The van der Waals surface area contributed by atoms with Crippen molar-refractivity contribution < 1.29 is 13.0 Å². The number of guanidine groups is 1. The minimum Gasteiger partial charge on any atom is -0.357 e. The molecule has 2 rings (SSSR count). The van der Waals surface area contributed by atoms with E-state index in [0.717, 1.165) is 25.7 Å². The molecule has 1 aliphatic carbocycles. The normalized spacial score (nSPS) is 21.6. The summed E-state index contributed by atoms with van der Waals surface area (Å²) in [7, 11) is 2.79. The number of hydrogen-bond acceptors (Lipinski definition) is 3. The van der Waals surface area contributed by atoms with Crippen LogP contribution in [0.2, 0.25) is 0 Å². The first kappa shape index (κ1) is 27.2. The van der Waals surface area contributed by atoms with Crippen LogP contribution in [0.5, 0.6) is 0 Å². The van der Waals surface area contributed by atoms with Crippen molar-refractivity contribution >= 4 is 40.7 Å². The summed E-state index contributed by atoms with van der Waals surface area (Å²) in [6.45, 7) is 4.84. The molecule has 2 N–H and O–H groups in total. The van der Waals surface area contributed by atoms with E-state index in [1.54, 1.807) is 19.0 Å². The zero-order valence-corrected chi connectivity index (χ0v) is 21.4. The molecule has 1 aromatic carbocycles. The number of nitrogens with one attached hydrogen (secondary N) is 2. The van der Waals surface area contributed by atoms with Gasteiger partial charge in [0.05, 0.1) is 12.6 Å². The van der Waals surface area contributed by atoms with Crippen molar-refractivity contribution in [2.45, 2.75) is 56.9 Å². The molecule has 4 atom stereocenters. The molecule has 1 aromatic rings.